The molecule has 0 radical (unpaired) electrons. The fourth-order valence-corrected chi connectivity index (χ4v) is 2.04. The highest BCUT2D eigenvalue weighted by atomic mass is 16.2. The molecule has 0 spiro atoms. The number of rotatable bonds is 2. The molecule has 0 aliphatic carbocycles. The summed E-state index contributed by atoms with van der Waals surface area (Å²) in [4.78, 5) is 15.4. The third-order valence-corrected chi connectivity index (χ3v) is 2.91. The number of hydrogen-bond donors (Lipinski definition) is 1. The van der Waals surface area contributed by atoms with Crippen molar-refractivity contribution >= 4 is 5.91 Å². The molecular weight excluding hydrogens is 188 g/mol. The summed E-state index contributed by atoms with van der Waals surface area (Å²) < 4.78 is 0. The third-order valence-electron chi connectivity index (χ3n) is 2.91. The second-order valence-corrected chi connectivity index (χ2v) is 4.59. The molecule has 1 aromatic rings. The number of carbonyl (C=O) groups is 1. The Bertz CT molecular complexity index is 372. The van der Waals surface area contributed by atoms with Crippen LogP contribution in [0.25, 0.3) is 0 Å². The second-order valence-electron chi connectivity index (χ2n) is 4.59. The Kier molecular flexibility index (Phi) is 2.47. The van der Waals surface area contributed by atoms with Gasteiger partial charge in [0.1, 0.15) is 0 Å². The SMILES string of the molecule is Cc1ccc(CC2(C)CCC(=O)N2)cn1. The molecule has 0 saturated carbocycles. The average molecular weight is 204 g/mol. The van der Waals surface area contributed by atoms with E-state index >= 15 is 0 Å². The predicted octanol–water partition coefficient (Wildman–Crippen LogP) is 1.60. The molecule has 1 unspecified atom stereocenters. The number of nitrogens with one attached hydrogen (secondary N) is 1. The zero-order valence-corrected chi connectivity index (χ0v) is 9.21. The Balaban J connectivity index is 2.08. The molecule has 1 saturated heterocycles. The summed E-state index contributed by atoms with van der Waals surface area (Å²) >= 11 is 0. The van der Waals surface area contributed by atoms with E-state index in [-0.39, 0.29) is 11.4 Å². The first-order valence-electron chi connectivity index (χ1n) is 5.30. The summed E-state index contributed by atoms with van der Waals surface area (Å²) in [6.45, 7) is 4.07. The van der Waals surface area contributed by atoms with Crippen LogP contribution in [0.1, 0.15) is 31.0 Å². The first-order valence-corrected chi connectivity index (χ1v) is 5.30. The van der Waals surface area contributed by atoms with E-state index in [1.165, 1.54) is 5.56 Å². The molecule has 3 heteroatoms. The van der Waals surface area contributed by atoms with Crippen molar-refractivity contribution in [2.75, 3.05) is 0 Å². The average Bonchev–Trinajstić information content (AvgIpc) is 2.50. The Morgan fingerprint density at radius 2 is 2.33 bits per heavy atom. The van der Waals surface area contributed by atoms with Gasteiger partial charge < -0.3 is 5.32 Å². The fourth-order valence-electron chi connectivity index (χ4n) is 2.04. The minimum atomic E-state index is -0.0754. The van der Waals surface area contributed by atoms with Gasteiger partial charge in [0.25, 0.3) is 0 Å². The van der Waals surface area contributed by atoms with Crippen LogP contribution in [0, 0.1) is 6.92 Å². The van der Waals surface area contributed by atoms with E-state index in [0.717, 1.165) is 18.5 Å². The molecule has 0 bridgehead atoms. The molecule has 1 N–H and O–H groups in total. The van der Waals surface area contributed by atoms with Gasteiger partial charge in [0.05, 0.1) is 0 Å². The highest BCUT2D eigenvalue weighted by Gasteiger charge is 2.32. The summed E-state index contributed by atoms with van der Waals surface area (Å²) in [5, 5.41) is 3.03. The normalized spacial score (nSPS) is 25.3. The van der Waals surface area contributed by atoms with Crippen LogP contribution >= 0.6 is 0 Å². The predicted molar refractivity (Wildman–Crippen MR) is 58.5 cm³/mol. The lowest BCUT2D eigenvalue weighted by molar-refractivity contribution is -0.119. The molecule has 2 heterocycles. The van der Waals surface area contributed by atoms with Crippen molar-refractivity contribution < 1.29 is 4.79 Å². The van der Waals surface area contributed by atoms with Crippen molar-refractivity contribution in [1.82, 2.24) is 10.3 Å². The monoisotopic (exact) mass is 204 g/mol. The summed E-state index contributed by atoms with van der Waals surface area (Å²) in [6, 6.07) is 4.09. The van der Waals surface area contributed by atoms with Crippen molar-refractivity contribution in [1.29, 1.82) is 0 Å². The molecule has 3 nitrogen and oxygen atoms in total. The van der Waals surface area contributed by atoms with Gasteiger partial charge in [0, 0.05) is 23.9 Å². The quantitative estimate of drug-likeness (QED) is 0.795. The minimum absolute atomic E-state index is 0.0754. The van der Waals surface area contributed by atoms with Gasteiger partial charge in [-0.25, -0.2) is 0 Å². The van der Waals surface area contributed by atoms with Crippen LogP contribution in [0.3, 0.4) is 0 Å². The Morgan fingerprint density at radius 3 is 2.87 bits per heavy atom. The van der Waals surface area contributed by atoms with Gasteiger partial charge in [-0.05, 0) is 38.3 Å². The largest absolute Gasteiger partial charge is 0.351 e. The Labute approximate surface area is 89.9 Å². The molecule has 1 fully saturated rings. The van der Waals surface area contributed by atoms with E-state index < -0.39 is 0 Å². The zero-order chi connectivity index (χ0) is 10.9. The molecule has 0 aromatic carbocycles. The van der Waals surface area contributed by atoms with Crippen LogP contribution in [-0.2, 0) is 11.2 Å². The molecule has 1 atom stereocenters. The summed E-state index contributed by atoms with van der Waals surface area (Å²) in [6.07, 6.45) is 4.33. The third kappa shape index (κ3) is 2.35. The maximum Gasteiger partial charge on any atom is 0.220 e. The van der Waals surface area contributed by atoms with E-state index in [1.54, 1.807) is 0 Å². The maximum atomic E-state index is 11.2. The van der Waals surface area contributed by atoms with Crippen molar-refractivity contribution in [3.63, 3.8) is 0 Å². The summed E-state index contributed by atoms with van der Waals surface area (Å²) in [5.41, 5.74) is 2.14. The topological polar surface area (TPSA) is 42.0 Å². The van der Waals surface area contributed by atoms with Crippen LogP contribution in [0.15, 0.2) is 18.3 Å². The van der Waals surface area contributed by atoms with Crippen LogP contribution in [0.2, 0.25) is 0 Å². The van der Waals surface area contributed by atoms with Gasteiger partial charge in [0.2, 0.25) is 5.91 Å². The van der Waals surface area contributed by atoms with Crippen LogP contribution < -0.4 is 5.32 Å². The van der Waals surface area contributed by atoms with Gasteiger partial charge in [-0.3, -0.25) is 9.78 Å². The number of amides is 1. The first kappa shape index (κ1) is 10.1. The molecule has 15 heavy (non-hydrogen) atoms. The van der Waals surface area contributed by atoms with Gasteiger partial charge in [0.15, 0.2) is 0 Å². The van der Waals surface area contributed by atoms with E-state index in [1.807, 2.05) is 19.2 Å². The molecule has 1 aliphatic rings. The molecule has 1 aromatic heterocycles. The lowest BCUT2D eigenvalue weighted by atomic mass is 9.92. The number of pyridine rings is 1. The number of aromatic nitrogens is 1. The number of aryl methyl sites for hydroxylation is 1. The molecule has 80 valence electrons. The van der Waals surface area contributed by atoms with Gasteiger partial charge in [-0.2, -0.15) is 0 Å². The van der Waals surface area contributed by atoms with Crippen molar-refractivity contribution in [2.45, 2.75) is 38.6 Å². The first-order chi connectivity index (χ1) is 7.07. The smallest absolute Gasteiger partial charge is 0.220 e. The zero-order valence-electron chi connectivity index (χ0n) is 9.21. The number of carbonyl (C=O) groups excluding carboxylic acids is 1. The van der Waals surface area contributed by atoms with Crippen LogP contribution in [0.5, 0.6) is 0 Å². The van der Waals surface area contributed by atoms with Gasteiger partial charge in [-0.15, -0.1) is 0 Å². The Hall–Kier alpha value is -1.38. The van der Waals surface area contributed by atoms with E-state index in [2.05, 4.69) is 23.3 Å². The lowest BCUT2D eigenvalue weighted by Gasteiger charge is -2.23. The second kappa shape index (κ2) is 3.65. The number of hydrogen-bond acceptors (Lipinski definition) is 2. The van der Waals surface area contributed by atoms with Crippen molar-refractivity contribution in [3.8, 4) is 0 Å². The van der Waals surface area contributed by atoms with Crippen molar-refractivity contribution in [2.24, 2.45) is 0 Å². The Morgan fingerprint density at radius 1 is 1.53 bits per heavy atom. The molecule has 1 aliphatic heterocycles. The fraction of sp³-hybridized carbons (Fsp3) is 0.500. The van der Waals surface area contributed by atoms with E-state index in [9.17, 15) is 4.79 Å². The minimum Gasteiger partial charge on any atom is -0.351 e. The highest BCUT2D eigenvalue weighted by Crippen LogP contribution is 2.23. The molecular formula is C12H16N2O. The molecule has 1 amide bonds. The van der Waals surface area contributed by atoms with Gasteiger partial charge >= 0.3 is 0 Å². The van der Waals surface area contributed by atoms with E-state index in [4.69, 9.17) is 0 Å². The highest BCUT2D eigenvalue weighted by molar-refractivity contribution is 5.79. The summed E-state index contributed by atoms with van der Waals surface area (Å²) in [5.74, 6) is 0.164. The van der Waals surface area contributed by atoms with Crippen LogP contribution in [0.4, 0.5) is 0 Å². The van der Waals surface area contributed by atoms with Crippen LogP contribution in [-0.4, -0.2) is 16.4 Å². The number of nitrogens with zero attached hydrogens (tertiary/aromatic N) is 1. The summed E-state index contributed by atoms with van der Waals surface area (Å²) in [7, 11) is 0. The molecule has 2 rings (SSSR count). The standard InChI is InChI=1S/C12H16N2O/c1-9-3-4-10(8-13-9)7-12(2)6-5-11(15)14-12/h3-4,8H,5-7H2,1-2H3,(H,14,15). The van der Waals surface area contributed by atoms with Gasteiger partial charge in [-0.1, -0.05) is 6.07 Å². The van der Waals surface area contributed by atoms with E-state index in [0.29, 0.717) is 6.42 Å². The maximum absolute atomic E-state index is 11.2. The van der Waals surface area contributed by atoms with Crippen molar-refractivity contribution in [3.05, 3.63) is 29.6 Å². The lowest BCUT2D eigenvalue weighted by Crippen LogP contribution is -2.40.